The molecule has 2 aromatic carbocycles. The number of alkyl halides is 8. The zero-order chi connectivity index (χ0) is 52.7. The van der Waals surface area contributed by atoms with Crippen LogP contribution in [0.1, 0.15) is 73.1 Å². The quantitative estimate of drug-likeness (QED) is 0.0846. The van der Waals surface area contributed by atoms with Gasteiger partial charge in [-0.05, 0) is 74.3 Å². The summed E-state index contributed by atoms with van der Waals surface area (Å²) in [5, 5.41) is 9.48. The standard InChI is InChI=1S/C46H45ClF10N8O5S2/c1-25-22-44(50,51)40-35(25)39(46(55,56)57)60-63(40)23-34(66)59-33(20-26-18-27(48)21-28(49)19-26)37-30(7-6-29(58-37)10-11-43(2,3)71-4)31-8-9-32(47)36-38(31)64(24-45(52,53)54)61-41(36)65(72(5)68)42(67)70-17-14-62-12-15-69-16-13-62/h6-9,18-19,21,25,33H,12-17,20,22-24H2,1-5H3,(H,59,66)/t25-,33?,72?/m0/s1. The molecule has 3 aromatic heterocycles. The van der Waals surface area contributed by atoms with Gasteiger partial charge in [0.1, 0.15) is 53.7 Å². The molecule has 0 spiro atoms. The molecule has 1 N–H and O–H groups in total. The lowest BCUT2D eigenvalue weighted by molar-refractivity contribution is -0.143. The Bertz CT molecular complexity index is 2950. The molecule has 1 aliphatic carbocycles. The number of rotatable bonds is 14. The van der Waals surface area contributed by atoms with E-state index in [9.17, 15) is 48.9 Å². The van der Waals surface area contributed by atoms with Crippen molar-refractivity contribution in [2.24, 2.45) is 0 Å². The van der Waals surface area contributed by atoms with E-state index in [1.54, 1.807) is 20.1 Å². The fourth-order valence-electron chi connectivity index (χ4n) is 8.46. The molecule has 2 amide bonds. The van der Waals surface area contributed by atoms with Crippen molar-refractivity contribution in [1.82, 2.24) is 34.8 Å². The van der Waals surface area contributed by atoms with Crippen molar-refractivity contribution in [1.29, 1.82) is 0 Å². The van der Waals surface area contributed by atoms with Gasteiger partial charge in [-0.15, -0.1) is 11.8 Å². The van der Waals surface area contributed by atoms with Crippen LogP contribution in [0, 0.1) is 23.5 Å². The zero-order valence-electron chi connectivity index (χ0n) is 38.9. The second kappa shape index (κ2) is 21.2. The summed E-state index contributed by atoms with van der Waals surface area (Å²) in [4.78, 5) is 34.6. The van der Waals surface area contributed by atoms with E-state index >= 15 is 8.78 Å². The average molecular weight is 1080 g/mol. The number of ether oxygens (including phenoxy) is 2. The molecule has 0 radical (unpaired) electrons. The Morgan fingerprint density at radius 2 is 1.69 bits per heavy atom. The lowest BCUT2D eigenvalue weighted by atomic mass is 9.93. The molecule has 0 saturated carbocycles. The number of hydrogen-bond acceptors (Lipinski definition) is 10. The number of aromatic nitrogens is 5. The van der Waals surface area contributed by atoms with E-state index in [-0.39, 0.29) is 56.3 Å². The Kier molecular flexibility index (Phi) is 16.0. The smallest absolute Gasteiger partial charge is 0.435 e. The average Bonchev–Trinajstić information content (AvgIpc) is 3.92. The number of amides is 2. The van der Waals surface area contributed by atoms with Gasteiger partial charge in [0, 0.05) is 55.1 Å². The van der Waals surface area contributed by atoms with Gasteiger partial charge in [-0.25, -0.2) is 22.8 Å². The number of thioether (sulfide) groups is 1. The maximum Gasteiger partial charge on any atom is 0.435 e. The van der Waals surface area contributed by atoms with Crippen LogP contribution in [0.2, 0.25) is 5.02 Å². The second-order valence-electron chi connectivity index (χ2n) is 17.5. The molecule has 1 aliphatic heterocycles. The van der Waals surface area contributed by atoms with Crippen LogP contribution in [-0.4, -0.2) is 109 Å². The molecule has 4 heterocycles. The first-order chi connectivity index (χ1) is 33.7. The normalized spacial score (nSPS) is 17.0. The van der Waals surface area contributed by atoms with E-state index in [0.717, 1.165) is 25.3 Å². The van der Waals surface area contributed by atoms with Crippen LogP contribution in [0.15, 0.2) is 42.5 Å². The summed E-state index contributed by atoms with van der Waals surface area (Å²) >= 11 is 8.12. The third-order valence-electron chi connectivity index (χ3n) is 11.7. The first kappa shape index (κ1) is 54.4. The molecule has 5 aromatic rings. The van der Waals surface area contributed by atoms with E-state index in [0.29, 0.717) is 41.4 Å². The highest BCUT2D eigenvalue weighted by Crippen LogP contribution is 2.52. The number of nitrogens with one attached hydrogen (secondary N) is 1. The highest BCUT2D eigenvalue weighted by molar-refractivity contribution is 8.00. The van der Waals surface area contributed by atoms with Gasteiger partial charge in [-0.1, -0.05) is 30.5 Å². The van der Waals surface area contributed by atoms with Crippen molar-refractivity contribution in [2.45, 2.75) is 81.7 Å². The van der Waals surface area contributed by atoms with Gasteiger partial charge in [-0.3, -0.25) is 19.1 Å². The molecular formula is C46H45ClF10N8O5S2. The summed E-state index contributed by atoms with van der Waals surface area (Å²) in [7, 11) is -2.35. The van der Waals surface area contributed by atoms with E-state index in [1.807, 2.05) is 4.90 Å². The van der Waals surface area contributed by atoms with Crippen molar-refractivity contribution in [2.75, 3.05) is 56.3 Å². The topological polar surface area (TPSA) is 137 Å². The molecule has 1 fully saturated rings. The number of nitrogens with zero attached hydrogens (tertiary/aromatic N) is 7. The Morgan fingerprint density at radius 3 is 2.32 bits per heavy atom. The van der Waals surface area contributed by atoms with Crippen LogP contribution in [0.25, 0.3) is 22.0 Å². The number of pyridine rings is 1. The van der Waals surface area contributed by atoms with Gasteiger partial charge in [0.25, 0.3) is 5.92 Å². The van der Waals surface area contributed by atoms with Gasteiger partial charge in [0.15, 0.2) is 11.5 Å². The number of hydrogen-bond donors (Lipinski definition) is 1. The van der Waals surface area contributed by atoms with Crippen LogP contribution in [-0.2, 0) is 56.9 Å². The van der Waals surface area contributed by atoms with E-state index in [2.05, 4.69) is 27.4 Å². The van der Waals surface area contributed by atoms with Crippen LogP contribution in [0.5, 0.6) is 0 Å². The number of morpholine rings is 1. The Morgan fingerprint density at radius 1 is 1.03 bits per heavy atom. The highest BCUT2D eigenvalue weighted by Gasteiger charge is 2.53. The number of benzene rings is 2. The molecule has 72 heavy (non-hydrogen) atoms. The number of fused-ring (bicyclic) bond motifs is 2. The largest absolute Gasteiger partial charge is 0.447 e. The fourth-order valence-corrected chi connectivity index (χ4v) is 9.48. The maximum absolute atomic E-state index is 15.4. The van der Waals surface area contributed by atoms with Crippen molar-refractivity contribution in [3.05, 3.63) is 93.0 Å². The van der Waals surface area contributed by atoms with Gasteiger partial charge in [-0.2, -0.15) is 49.6 Å². The minimum atomic E-state index is -5.19. The fraction of sp³-hybridized carbons (Fsp3) is 0.457. The summed E-state index contributed by atoms with van der Waals surface area (Å²) in [5.41, 5.74) is -4.62. The lowest BCUT2D eigenvalue weighted by Crippen LogP contribution is -2.40. The molecule has 26 heteroatoms. The Labute approximate surface area is 417 Å². The summed E-state index contributed by atoms with van der Waals surface area (Å²) < 4.78 is 172. The van der Waals surface area contributed by atoms with Crippen molar-refractivity contribution >= 4 is 63.1 Å². The molecule has 1 saturated heterocycles. The minimum absolute atomic E-state index is 0.00373. The highest BCUT2D eigenvalue weighted by atomic mass is 35.5. The minimum Gasteiger partial charge on any atom is -0.447 e. The van der Waals surface area contributed by atoms with Crippen molar-refractivity contribution < 1.29 is 67.2 Å². The maximum atomic E-state index is 15.4. The summed E-state index contributed by atoms with van der Waals surface area (Å²) in [6, 6.07) is 5.94. The van der Waals surface area contributed by atoms with Crippen LogP contribution >= 0.6 is 23.4 Å². The van der Waals surface area contributed by atoms with E-state index < -0.39 is 124 Å². The SMILES string of the molecule is CSC(C)(C)C#Cc1ccc(-c2ccc(Cl)c3c(N(C(=O)OCCN4CCOCC4)S(C)=O)nn(CC(F)(F)F)c23)c(C(Cc2cc(F)cc(F)c2)NC(=O)Cn2nc(C(F)(F)F)c3c2C(F)(F)C[C@@H]3C)n1. The van der Waals surface area contributed by atoms with Gasteiger partial charge >= 0.3 is 18.4 Å². The second-order valence-corrected chi connectivity index (χ2v) is 20.5. The van der Waals surface area contributed by atoms with Gasteiger partial charge in [0.05, 0.1) is 45.6 Å². The van der Waals surface area contributed by atoms with Gasteiger partial charge < -0.3 is 14.8 Å². The van der Waals surface area contributed by atoms with Crippen LogP contribution in [0.4, 0.5) is 54.5 Å². The number of anilines is 1. The molecular weight excluding hydrogens is 1030 g/mol. The Hall–Kier alpha value is -5.42. The summed E-state index contributed by atoms with van der Waals surface area (Å²) in [6.07, 6.45) is -10.2. The zero-order valence-corrected chi connectivity index (χ0v) is 41.3. The monoisotopic (exact) mass is 1080 g/mol. The van der Waals surface area contributed by atoms with Crippen molar-refractivity contribution in [3.8, 4) is 23.0 Å². The molecule has 2 aliphatic rings. The number of carbonyl (C=O) groups excluding carboxylic acids is 2. The molecule has 2 unspecified atom stereocenters. The van der Waals surface area contributed by atoms with Crippen molar-refractivity contribution in [3.63, 3.8) is 0 Å². The third-order valence-corrected chi connectivity index (χ3v) is 14.0. The molecule has 0 bridgehead atoms. The van der Waals surface area contributed by atoms with E-state index in [1.165, 1.54) is 36.0 Å². The van der Waals surface area contributed by atoms with Crippen LogP contribution < -0.4 is 9.62 Å². The predicted octanol–water partition coefficient (Wildman–Crippen LogP) is 9.57. The van der Waals surface area contributed by atoms with Gasteiger partial charge in [0.2, 0.25) is 5.91 Å². The molecule has 388 valence electrons. The molecule has 7 rings (SSSR count). The summed E-state index contributed by atoms with van der Waals surface area (Å²) in [5.74, 6) is -3.18. The Balaban J connectivity index is 1.42. The van der Waals surface area contributed by atoms with E-state index in [4.69, 9.17) is 26.1 Å². The predicted molar refractivity (Wildman–Crippen MR) is 249 cm³/mol. The lowest BCUT2D eigenvalue weighted by Gasteiger charge is -2.26. The molecule has 3 atom stereocenters. The summed E-state index contributed by atoms with van der Waals surface area (Å²) in [6.45, 7) is 3.64. The van der Waals surface area contributed by atoms with Crippen LogP contribution in [0.3, 0.4) is 0 Å². The first-order valence-corrected chi connectivity index (χ1v) is 25.0. The number of carbonyl (C=O) groups is 2. The number of halogens is 11. The third kappa shape index (κ3) is 12.3. The first-order valence-electron chi connectivity index (χ1n) is 21.9. The molecule has 13 nitrogen and oxygen atoms in total.